The minimum atomic E-state index is -0.163. The average Bonchev–Trinajstić information content (AvgIpc) is 3.13. The van der Waals surface area contributed by atoms with Gasteiger partial charge in [0.2, 0.25) is 11.8 Å². The summed E-state index contributed by atoms with van der Waals surface area (Å²) < 4.78 is 5.67. The van der Waals surface area contributed by atoms with Gasteiger partial charge >= 0.3 is 0 Å². The van der Waals surface area contributed by atoms with Crippen LogP contribution in [0.4, 0.5) is 0 Å². The lowest BCUT2D eigenvalue weighted by Gasteiger charge is -2.39. The second kappa shape index (κ2) is 2.07. The van der Waals surface area contributed by atoms with Gasteiger partial charge in [0, 0.05) is 11.8 Å². The fraction of sp³-hybridized carbons (Fsp3) is 0.818. The quantitative estimate of drug-likeness (QED) is 0.249. The highest BCUT2D eigenvalue weighted by atomic mass is 16.6. The molecule has 0 radical (unpaired) electrons. The fourth-order valence-electron chi connectivity index (χ4n) is 4.85. The zero-order chi connectivity index (χ0) is 10.8. The lowest BCUT2D eigenvalue weighted by Crippen LogP contribution is -2.48. The summed E-state index contributed by atoms with van der Waals surface area (Å²) in [5.41, 5.74) is 0. The largest absolute Gasteiger partial charge is 0.369 e. The number of ether oxygens (including phenoxy) is 1. The van der Waals surface area contributed by atoms with Crippen LogP contribution < -0.4 is 5.84 Å². The Hall–Kier alpha value is -0.940. The topological polar surface area (TPSA) is 75.9 Å². The highest BCUT2D eigenvalue weighted by Crippen LogP contribution is 2.72. The van der Waals surface area contributed by atoms with Gasteiger partial charge in [0.15, 0.2) is 0 Å². The van der Waals surface area contributed by atoms with Gasteiger partial charge in [-0.05, 0) is 18.3 Å². The van der Waals surface area contributed by atoms with Crippen molar-refractivity contribution in [2.24, 2.45) is 41.4 Å². The minimum Gasteiger partial charge on any atom is -0.369 e. The molecule has 6 aliphatic rings. The van der Waals surface area contributed by atoms with E-state index in [2.05, 4.69) is 0 Å². The molecular weight excluding hydrogens is 208 g/mol. The average molecular weight is 220 g/mol. The molecule has 0 spiro atoms. The molecule has 8 atom stereocenters. The van der Waals surface area contributed by atoms with Crippen LogP contribution in [0.3, 0.4) is 0 Å². The lowest BCUT2D eigenvalue weighted by atomic mass is 9.59. The Bertz CT molecular complexity index is 395. The van der Waals surface area contributed by atoms with Crippen molar-refractivity contribution in [2.45, 2.75) is 18.6 Å². The third kappa shape index (κ3) is 0.627. The Kier molecular flexibility index (Phi) is 1.06. The number of carbonyl (C=O) groups excluding carboxylic acids is 2. The predicted molar refractivity (Wildman–Crippen MR) is 50.3 cm³/mol. The smallest absolute Gasteiger partial charge is 0.247 e. The molecule has 6 fully saturated rings. The highest BCUT2D eigenvalue weighted by molar-refractivity contribution is 6.05. The van der Waals surface area contributed by atoms with Gasteiger partial charge in [-0.3, -0.25) is 9.59 Å². The van der Waals surface area contributed by atoms with Crippen LogP contribution in [0, 0.1) is 35.5 Å². The summed E-state index contributed by atoms with van der Waals surface area (Å²) in [7, 11) is 0. The Morgan fingerprint density at radius 2 is 1.56 bits per heavy atom. The van der Waals surface area contributed by atoms with E-state index >= 15 is 0 Å². The summed E-state index contributed by atoms with van der Waals surface area (Å²) in [5, 5.41) is 0.866. The number of imide groups is 1. The first-order chi connectivity index (χ1) is 7.70. The molecule has 2 heterocycles. The second-order valence-corrected chi connectivity index (χ2v) is 5.88. The molecule has 6 rings (SSSR count). The zero-order valence-electron chi connectivity index (χ0n) is 8.58. The van der Waals surface area contributed by atoms with Crippen LogP contribution in [0.15, 0.2) is 0 Å². The first-order valence-electron chi connectivity index (χ1n) is 5.98. The Labute approximate surface area is 91.9 Å². The number of amides is 2. The Morgan fingerprint density at radius 1 is 1.06 bits per heavy atom. The van der Waals surface area contributed by atoms with Gasteiger partial charge in [0.1, 0.15) is 0 Å². The van der Waals surface area contributed by atoms with Crippen molar-refractivity contribution in [3.8, 4) is 0 Å². The standard InChI is InChI=1S/C11H12N2O3/c12-13-10(14)6-4-2-1-3(2)5(7(6)11(13)15)9-8(4)16-9/h2-9H,1,12H2/t2-,3-,4-,5-,6-,7-,8-,9-/m1/s1. The molecule has 0 aromatic carbocycles. The van der Waals surface area contributed by atoms with Crippen LogP contribution in [-0.4, -0.2) is 29.0 Å². The van der Waals surface area contributed by atoms with Crippen molar-refractivity contribution < 1.29 is 14.3 Å². The fourth-order valence-corrected chi connectivity index (χ4v) is 4.85. The molecule has 5 heteroatoms. The molecule has 4 aliphatic carbocycles. The van der Waals surface area contributed by atoms with Crippen LogP contribution >= 0.6 is 0 Å². The van der Waals surface area contributed by atoms with E-state index in [1.807, 2.05) is 0 Å². The molecule has 16 heavy (non-hydrogen) atoms. The number of hydrogen-bond donors (Lipinski definition) is 1. The Morgan fingerprint density at radius 3 is 2.06 bits per heavy atom. The van der Waals surface area contributed by atoms with Gasteiger partial charge in [0.05, 0.1) is 24.0 Å². The first kappa shape index (κ1) is 8.20. The summed E-state index contributed by atoms with van der Waals surface area (Å²) in [6, 6.07) is 0. The molecular formula is C11H12N2O3. The van der Waals surface area contributed by atoms with Crippen molar-refractivity contribution in [3.05, 3.63) is 0 Å². The van der Waals surface area contributed by atoms with Crippen molar-refractivity contribution in [1.29, 1.82) is 0 Å². The molecule has 84 valence electrons. The van der Waals surface area contributed by atoms with E-state index < -0.39 is 0 Å². The van der Waals surface area contributed by atoms with Gasteiger partial charge in [-0.1, -0.05) is 0 Å². The van der Waals surface area contributed by atoms with E-state index in [0.29, 0.717) is 11.8 Å². The van der Waals surface area contributed by atoms with Crippen molar-refractivity contribution in [3.63, 3.8) is 0 Å². The number of rotatable bonds is 0. The zero-order valence-corrected chi connectivity index (χ0v) is 8.58. The van der Waals surface area contributed by atoms with Crippen molar-refractivity contribution in [2.75, 3.05) is 0 Å². The van der Waals surface area contributed by atoms with Crippen LogP contribution in [0.1, 0.15) is 6.42 Å². The monoisotopic (exact) mass is 220 g/mol. The van der Waals surface area contributed by atoms with E-state index in [1.54, 1.807) is 0 Å². The molecule has 4 saturated carbocycles. The highest BCUT2D eigenvalue weighted by Gasteiger charge is 2.79. The molecule has 0 aromatic heterocycles. The summed E-state index contributed by atoms with van der Waals surface area (Å²) in [4.78, 5) is 24.0. The van der Waals surface area contributed by atoms with Gasteiger partial charge in [-0.25, -0.2) is 10.9 Å². The number of carbonyl (C=O) groups is 2. The maximum absolute atomic E-state index is 12.0. The molecule has 2 aliphatic heterocycles. The van der Waals surface area contributed by atoms with Gasteiger partial charge in [-0.15, -0.1) is 0 Å². The molecule has 2 saturated heterocycles. The number of nitrogens with two attached hydrogens (primary N) is 1. The SMILES string of the molecule is NN1C(=O)[C@H]2[C@H](C1=O)[C@H]1[C@@H]3C[C@H]3[C@H]2[C@H]2O[C@@H]21. The lowest BCUT2D eigenvalue weighted by molar-refractivity contribution is -0.140. The summed E-state index contributed by atoms with van der Waals surface area (Å²) >= 11 is 0. The molecule has 2 amide bonds. The Balaban J connectivity index is 1.70. The summed E-state index contributed by atoms with van der Waals surface area (Å²) in [6.45, 7) is 0. The van der Waals surface area contributed by atoms with Gasteiger partial charge in [-0.2, -0.15) is 0 Å². The molecule has 2 N–H and O–H groups in total. The summed E-state index contributed by atoms with van der Waals surface area (Å²) in [5.74, 6) is 6.76. The number of epoxide rings is 1. The van der Waals surface area contributed by atoms with Gasteiger partial charge in [0.25, 0.3) is 0 Å². The maximum atomic E-state index is 12.0. The number of hydrogen-bond acceptors (Lipinski definition) is 4. The van der Waals surface area contributed by atoms with Crippen LogP contribution in [0.5, 0.6) is 0 Å². The maximum Gasteiger partial charge on any atom is 0.247 e. The van der Waals surface area contributed by atoms with Crippen LogP contribution in [0.25, 0.3) is 0 Å². The van der Waals surface area contributed by atoms with Crippen molar-refractivity contribution >= 4 is 11.8 Å². The van der Waals surface area contributed by atoms with Crippen LogP contribution in [-0.2, 0) is 14.3 Å². The summed E-state index contributed by atoms with van der Waals surface area (Å²) in [6.07, 6.45) is 1.72. The molecule has 0 aromatic rings. The minimum absolute atomic E-state index is 0.157. The number of hydrazine groups is 1. The molecule has 2 bridgehead atoms. The van der Waals surface area contributed by atoms with Crippen LogP contribution in [0.2, 0.25) is 0 Å². The third-order valence-corrected chi connectivity index (χ3v) is 5.46. The normalized spacial score (nSPS) is 64.2. The number of nitrogens with zero attached hydrogens (tertiary/aromatic N) is 1. The van der Waals surface area contributed by atoms with Crippen molar-refractivity contribution in [1.82, 2.24) is 5.01 Å². The predicted octanol–water partition coefficient (Wildman–Crippen LogP) is -0.876. The van der Waals surface area contributed by atoms with E-state index in [4.69, 9.17) is 10.6 Å². The molecule has 5 nitrogen and oxygen atoms in total. The van der Waals surface area contributed by atoms with E-state index in [1.165, 1.54) is 6.42 Å². The second-order valence-electron chi connectivity index (χ2n) is 5.88. The van der Waals surface area contributed by atoms with Gasteiger partial charge < -0.3 is 4.74 Å². The van der Waals surface area contributed by atoms with E-state index in [9.17, 15) is 9.59 Å². The molecule has 0 unspecified atom stereocenters. The first-order valence-corrected chi connectivity index (χ1v) is 5.98. The van der Waals surface area contributed by atoms with E-state index in [-0.39, 0.29) is 47.7 Å². The van der Waals surface area contributed by atoms with E-state index in [0.717, 1.165) is 5.01 Å². The third-order valence-electron chi connectivity index (χ3n) is 5.46.